The van der Waals surface area contributed by atoms with Crippen molar-refractivity contribution in [2.75, 3.05) is 5.73 Å². The van der Waals surface area contributed by atoms with Gasteiger partial charge < -0.3 is 5.73 Å². The van der Waals surface area contributed by atoms with Gasteiger partial charge in [-0.05, 0) is 88.0 Å². The molecule has 6 nitrogen and oxygen atoms in total. The standard InChI is InChI=1S/C27H29ClF3N5O/c1-3-36-13-18(25(35-36)17-8-9-17)26(37)33-14(2)15-4-6-16(7-5-15)23-19(28)10-11-21-24(23)20(32)12-22(34-21)27(29,30)31/h10-13,15-17H,3-9H2,1-2H3,(H2,32,34). The zero-order valence-electron chi connectivity index (χ0n) is 20.8. The number of rotatable bonds is 5. The third-order valence-electron chi connectivity index (χ3n) is 7.60. The summed E-state index contributed by atoms with van der Waals surface area (Å²) in [6.07, 6.45) is 2.43. The summed E-state index contributed by atoms with van der Waals surface area (Å²) in [6.45, 7) is 4.59. The number of amides is 1. The van der Waals surface area contributed by atoms with Crippen molar-refractivity contribution in [1.82, 2.24) is 14.8 Å². The minimum atomic E-state index is -4.58. The SMILES string of the molecule is CCn1cc(C(=O)N=C(C)C2CCC(c3c(Cl)ccc4nc(C(F)(F)F)cc(N)c34)CC2)c(C2CC2)n1. The van der Waals surface area contributed by atoms with Crippen LogP contribution in [0.3, 0.4) is 0 Å². The summed E-state index contributed by atoms with van der Waals surface area (Å²) < 4.78 is 41.5. The number of aryl methyl sites for hydroxylation is 1. The Balaban J connectivity index is 1.35. The number of halogens is 4. The third kappa shape index (κ3) is 5.10. The fraction of sp³-hybridized carbons (Fsp3) is 0.481. The molecule has 2 aliphatic rings. The first-order valence-corrected chi connectivity index (χ1v) is 13.1. The normalized spacial score (nSPS) is 21.0. The summed E-state index contributed by atoms with van der Waals surface area (Å²) >= 11 is 6.55. The van der Waals surface area contributed by atoms with Gasteiger partial charge in [-0.2, -0.15) is 18.3 Å². The number of hydrogen-bond acceptors (Lipinski definition) is 4. The maximum atomic E-state index is 13.2. The number of anilines is 1. The molecule has 37 heavy (non-hydrogen) atoms. The predicted molar refractivity (Wildman–Crippen MR) is 138 cm³/mol. The molecule has 1 aromatic carbocycles. The van der Waals surface area contributed by atoms with Gasteiger partial charge in [-0.1, -0.05) is 11.6 Å². The molecule has 2 aliphatic carbocycles. The van der Waals surface area contributed by atoms with Gasteiger partial charge in [-0.25, -0.2) is 9.98 Å². The van der Waals surface area contributed by atoms with E-state index in [0.29, 0.717) is 28.4 Å². The van der Waals surface area contributed by atoms with Gasteiger partial charge in [0, 0.05) is 40.5 Å². The summed E-state index contributed by atoms with van der Waals surface area (Å²) in [6, 6.07) is 3.96. The van der Waals surface area contributed by atoms with Gasteiger partial charge in [0.15, 0.2) is 0 Å². The first-order valence-electron chi connectivity index (χ1n) is 12.7. The molecule has 1 amide bonds. The van der Waals surface area contributed by atoms with Crippen molar-refractivity contribution in [2.24, 2.45) is 10.9 Å². The predicted octanol–water partition coefficient (Wildman–Crippen LogP) is 7.16. The van der Waals surface area contributed by atoms with E-state index in [9.17, 15) is 18.0 Å². The lowest BCUT2D eigenvalue weighted by Gasteiger charge is -2.30. The summed E-state index contributed by atoms with van der Waals surface area (Å²) in [5.41, 5.74) is 8.32. The molecule has 0 radical (unpaired) electrons. The summed E-state index contributed by atoms with van der Waals surface area (Å²) in [7, 11) is 0. The Morgan fingerprint density at radius 2 is 1.84 bits per heavy atom. The Morgan fingerprint density at radius 3 is 2.46 bits per heavy atom. The second kappa shape index (κ2) is 9.74. The van der Waals surface area contributed by atoms with Crippen molar-refractivity contribution in [3.63, 3.8) is 0 Å². The molecular formula is C27H29ClF3N5O. The number of alkyl halides is 3. The van der Waals surface area contributed by atoms with Gasteiger partial charge in [-0.15, -0.1) is 0 Å². The number of benzene rings is 1. The molecule has 2 saturated carbocycles. The number of fused-ring (bicyclic) bond motifs is 1. The largest absolute Gasteiger partial charge is 0.433 e. The van der Waals surface area contributed by atoms with Gasteiger partial charge in [0.25, 0.3) is 5.91 Å². The van der Waals surface area contributed by atoms with Crippen LogP contribution in [-0.4, -0.2) is 26.4 Å². The van der Waals surface area contributed by atoms with Crippen LogP contribution in [0.5, 0.6) is 0 Å². The Bertz CT molecular complexity index is 1380. The first-order chi connectivity index (χ1) is 17.6. The molecule has 0 atom stereocenters. The first kappa shape index (κ1) is 25.7. The van der Waals surface area contributed by atoms with Crippen molar-refractivity contribution < 1.29 is 18.0 Å². The van der Waals surface area contributed by atoms with Crippen LogP contribution in [0.15, 0.2) is 29.4 Å². The van der Waals surface area contributed by atoms with E-state index in [4.69, 9.17) is 17.3 Å². The number of aliphatic imine (C=N–C) groups is 1. The molecule has 10 heteroatoms. The van der Waals surface area contributed by atoms with Crippen molar-refractivity contribution in [2.45, 2.75) is 76.9 Å². The molecular weight excluding hydrogens is 503 g/mol. The van der Waals surface area contributed by atoms with Crippen LogP contribution < -0.4 is 5.73 Å². The third-order valence-corrected chi connectivity index (χ3v) is 7.92. The van der Waals surface area contributed by atoms with E-state index in [1.54, 1.807) is 16.9 Å². The van der Waals surface area contributed by atoms with E-state index < -0.39 is 11.9 Å². The zero-order chi connectivity index (χ0) is 26.5. The Labute approximate surface area is 218 Å². The fourth-order valence-electron chi connectivity index (χ4n) is 5.44. The molecule has 0 bridgehead atoms. The Morgan fingerprint density at radius 1 is 1.16 bits per heavy atom. The number of carbonyl (C=O) groups excluding carboxylic acids is 1. The number of pyridine rings is 1. The maximum Gasteiger partial charge on any atom is 0.433 e. The van der Waals surface area contributed by atoms with Crippen LogP contribution in [0.2, 0.25) is 5.02 Å². The number of aromatic nitrogens is 3. The van der Waals surface area contributed by atoms with Gasteiger partial charge >= 0.3 is 6.18 Å². The molecule has 2 aromatic heterocycles. The molecule has 0 spiro atoms. The van der Waals surface area contributed by atoms with E-state index in [1.165, 1.54) is 6.07 Å². The summed E-state index contributed by atoms with van der Waals surface area (Å²) in [5, 5.41) is 5.54. The smallest absolute Gasteiger partial charge is 0.398 e. The molecule has 196 valence electrons. The van der Waals surface area contributed by atoms with Crippen LogP contribution in [-0.2, 0) is 12.7 Å². The Kier molecular flexibility index (Phi) is 6.77. The zero-order valence-corrected chi connectivity index (χ0v) is 21.5. The maximum absolute atomic E-state index is 13.2. The highest BCUT2D eigenvalue weighted by Gasteiger charge is 2.35. The Hall–Kier alpha value is -2.94. The average Bonchev–Trinajstić information content (AvgIpc) is 3.61. The second-order valence-corrected chi connectivity index (χ2v) is 10.5. The van der Waals surface area contributed by atoms with E-state index in [0.717, 1.165) is 61.6 Å². The molecule has 3 aromatic rings. The van der Waals surface area contributed by atoms with Gasteiger partial charge in [0.05, 0.1) is 16.8 Å². The summed E-state index contributed by atoms with van der Waals surface area (Å²) in [4.78, 5) is 21.3. The van der Waals surface area contributed by atoms with Crippen LogP contribution in [0.1, 0.15) is 91.5 Å². The number of hydrogen-bond donors (Lipinski definition) is 1. The lowest BCUT2D eigenvalue weighted by Crippen LogP contribution is -2.21. The molecule has 0 saturated heterocycles. The van der Waals surface area contributed by atoms with Crippen LogP contribution in [0, 0.1) is 5.92 Å². The topological polar surface area (TPSA) is 86.2 Å². The lowest BCUT2D eigenvalue weighted by atomic mass is 9.76. The highest BCUT2D eigenvalue weighted by atomic mass is 35.5. The van der Waals surface area contributed by atoms with Crippen LogP contribution >= 0.6 is 11.6 Å². The summed E-state index contributed by atoms with van der Waals surface area (Å²) in [5.74, 6) is 0.294. The van der Waals surface area contributed by atoms with Gasteiger partial charge in [0.2, 0.25) is 0 Å². The van der Waals surface area contributed by atoms with Crippen molar-refractivity contribution in [1.29, 1.82) is 0 Å². The molecule has 2 fully saturated rings. The minimum Gasteiger partial charge on any atom is -0.398 e. The fourth-order valence-corrected chi connectivity index (χ4v) is 5.75. The molecule has 0 aliphatic heterocycles. The van der Waals surface area contributed by atoms with Crippen LogP contribution in [0.25, 0.3) is 10.9 Å². The van der Waals surface area contributed by atoms with Crippen molar-refractivity contribution in [3.05, 3.63) is 51.9 Å². The monoisotopic (exact) mass is 531 g/mol. The number of nitrogen functional groups attached to an aromatic ring is 1. The average molecular weight is 532 g/mol. The molecule has 2 N–H and O–H groups in total. The number of carbonyl (C=O) groups is 1. The van der Waals surface area contributed by atoms with E-state index in [-0.39, 0.29) is 28.9 Å². The van der Waals surface area contributed by atoms with E-state index in [1.807, 2.05) is 13.8 Å². The van der Waals surface area contributed by atoms with Crippen molar-refractivity contribution in [3.8, 4) is 0 Å². The quantitative estimate of drug-likeness (QED) is 0.354. The number of nitrogens with zero attached hydrogens (tertiary/aromatic N) is 4. The molecule has 5 rings (SSSR count). The van der Waals surface area contributed by atoms with E-state index >= 15 is 0 Å². The minimum absolute atomic E-state index is 0.0272. The second-order valence-electron chi connectivity index (χ2n) is 10.1. The highest BCUT2D eigenvalue weighted by Crippen LogP contribution is 2.45. The highest BCUT2D eigenvalue weighted by molar-refractivity contribution is 6.32. The number of nitrogens with two attached hydrogens (primary N) is 1. The lowest BCUT2D eigenvalue weighted by molar-refractivity contribution is -0.140. The van der Waals surface area contributed by atoms with Gasteiger partial charge in [0.1, 0.15) is 5.69 Å². The molecule has 2 heterocycles. The molecule has 0 unspecified atom stereocenters. The van der Waals surface area contributed by atoms with Crippen molar-refractivity contribution >= 4 is 39.8 Å². The van der Waals surface area contributed by atoms with Gasteiger partial charge in [-0.3, -0.25) is 9.48 Å². The van der Waals surface area contributed by atoms with E-state index in [2.05, 4.69) is 15.1 Å². The van der Waals surface area contributed by atoms with Crippen LogP contribution in [0.4, 0.5) is 18.9 Å².